The topological polar surface area (TPSA) is 110 Å². The molecule has 1 aromatic heterocycles. The zero-order chi connectivity index (χ0) is 17.6. The number of nitrogens with zero attached hydrogens (tertiary/aromatic N) is 2. The van der Waals surface area contributed by atoms with E-state index in [1.807, 2.05) is 6.07 Å². The number of nitrogens with two attached hydrogens (primary N) is 1. The largest absolute Gasteiger partial charge is 0.397 e. The van der Waals surface area contributed by atoms with Gasteiger partial charge in [-0.05, 0) is 24.3 Å². The molecule has 3 rings (SSSR count). The van der Waals surface area contributed by atoms with Crippen LogP contribution in [0.4, 0.5) is 17.2 Å². The predicted molar refractivity (Wildman–Crippen MR) is 95.2 cm³/mol. The van der Waals surface area contributed by atoms with E-state index in [0.29, 0.717) is 16.9 Å². The number of hydrogen-bond donors (Lipinski definition) is 3. The molecule has 0 saturated heterocycles. The number of carbonyl (C=O) groups is 2. The molecule has 0 aliphatic carbocycles. The second kappa shape index (κ2) is 7.22. The molecule has 0 fully saturated rings. The van der Waals surface area contributed by atoms with Crippen molar-refractivity contribution in [2.24, 2.45) is 0 Å². The molecule has 3 aromatic rings. The Morgan fingerprint density at radius 2 is 1.52 bits per heavy atom. The SMILES string of the molecule is Nc1ccccc1NC(=O)c1cnc(NC(=O)c2ccccc2)cn1. The summed E-state index contributed by atoms with van der Waals surface area (Å²) in [4.78, 5) is 32.3. The number of nitrogens with one attached hydrogen (secondary N) is 2. The maximum Gasteiger partial charge on any atom is 0.275 e. The van der Waals surface area contributed by atoms with E-state index in [1.54, 1.807) is 48.5 Å². The highest BCUT2D eigenvalue weighted by atomic mass is 16.2. The molecule has 7 heteroatoms. The Labute approximate surface area is 143 Å². The molecule has 4 N–H and O–H groups in total. The van der Waals surface area contributed by atoms with Gasteiger partial charge in [-0.25, -0.2) is 9.97 Å². The molecule has 0 aliphatic heterocycles. The summed E-state index contributed by atoms with van der Waals surface area (Å²) in [5.41, 5.74) is 7.35. The lowest BCUT2D eigenvalue weighted by atomic mass is 10.2. The van der Waals surface area contributed by atoms with E-state index in [9.17, 15) is 9.59 Å². The smallest absolute Gasteiger partial charge is 0.275 e. The lowest BCUT2D eigenvalue weighted by Crippen LogP contribution is -2.17. The van der Waals surface area contributed by atoms with Gasteiger partial charge in [-0.15, -0.1) is 0 Å². The number of hydrogen-bond acceptors (Lipinski definition) is 5. The summed E-state index contributed by atoms with van der Waals surface area (Å²) in [5.74, 6) is -0.486. The van der Waals surface area contributed by atoms with Crippen LogP contribution < -0.4 is 16.4 Å². The maximum atomic E-state index is 12.2. The Morgan fingerprint density at radius 1 is 0.800 bits per heavy atom. The van der Waals surface area contributed by atoms with Crippen molar-refractivity contribution in [3.63, 3.8) is 0 Å². The Kier molecular flexibility index (Phi) is 4.66. The van der Waals surface area contributed by atoms with E-state index >= 15 is 0 Å². The van der Waals surface area contributed by atoms with Gasteiger partial charge in [0.05, 0.1) is 23.8 Å². The van der Waals surface area contributed by atoms with Crippen LogP contribution in [0.15, 0.2) is 67.0 Å². The third kappa shape index (κ3) is 3.97. The van der Waals surface area contributed by atoms with E-state index in [4.69, 9.17) is 5.73 Å². The molecule has 0 unspecified atom stereocenters. The summed E-state index contributed by atoms with van der Waals surface area (Å²) in [6.07, 6.45) is 2.61. The van der Waals surface area contributed by atoms with Crippen LogP contribution in [0, 0.1) is 0 Å². The van der Waals surface area contributed by atoms with E-state index in [1.165, 1.54) is 12.4 Å². The van der Waals surface area contributed by atoms with Gasteiger partial charge in [-0.2, -0.15) is 0 Å². The molecule has 0 spiro atoms. The van der Waals surface area contributed by atoms with Crippen molar-refractivity contribution in [2.75, 3.05) is 16.4 Å². The fraction of sp³-hybridized carbons (Fsp3) is 0. The molecule has 0 atom stereocenters. The quantitative estimate of drug-likeness (QED) is 0.636. The minimum absolute atomic E-state index is 0.112. The summed E-state index contributed by atoms with van der Waals surface area (Å²) in [6.45, 7) is 0. The van der Waals surface area contributed by atoms with Crippen LogP contribution in [0.2, 0.25) is 0 Å². The number of aromatic nitrogens is 2. The average molecular weight is 333 g/mol. The molecule has 0 bridgehead atoms. The van der Waals surface area contributed by atoms with Crippen LogP contribution >= 0.6 is 0 Å². The minimum atomic E-state index is -0.439. The second-order valence-corrected chi connectivity index (χ2v) is 5.15. The van der Waals surface area contributed by atoms with Crippen molar-refractivity contribution in [1.29, 1.82) is 0 Å². The first-order valence-corrected chi connectivity index (χ1v) is 7.48. The van der Waals surface area contributed by atoms with Crippen molar-refractivity contribution in [3.05, 3.63) is 78.2 Å². The standard InChI is InChI=1S/C18H15N5O2/c19-13-8-4-5-9-14(13)22-18(25)15-10-21-16(11-20-15)23-17(24)12-6-2-1-3-7-12/h1-11H,19H2,(H,22,25)(H,21,23,24). The number of rotatable bonds is 4. The summed E-state index contributed by atoms with van der Waals surface area (Å²) >= 11 is 0. The molecular weight excluding hydrogens is 318 g/mol. The third-order valence-corrected chi connectivity index (χ3v) is 3.37. The lowest BCUT2D eigenvalue weighted by Gasteiger charge is -2.08. The lowest BCUT2D eigenvalue weighted by molar-refractivity contribution is 0.101. The van der Waals surface area contributed by atoms with Gasteiger partial charge in [0.15, 0.2) is 5.82 Å². The van der Waals surface area contributed by atoms with Crippen molar-refractivity contribution in [3.8, 4) is 0 Å². The van der Waals surface area contributed by atoms with E-state index in [-0.39, 0.29) is 17.4 Å². The van der Waals surface area contributed by atoms with Gasteiger partial charge in [-0.3, -0.25) is 9.59 Å². The number of anilines is 3. The number of amides is 2. The molecule has 7 nitrogen and oxygen atoms in total. The van der Waals surface area contributed by atoms with Crippen LogP contribution in [0.25, 0.3) is 0 Å². The molecule has 0 aliphatic rings. The molecule has 1 heterocycles. The van der Waals surface area contributed by atoms with Gasteiger partial charge in [0.25, 0.3) is 11.8 Å². The minimum Gasteiger partial charge on any atom is -0.397 e. The summed E-state index contributed by atoms with van der Waals surface area (Å²) in [5, 5.41) is 5.28. The molecule has 25 heavy (non-hydrogen) atoms. The Morgan fingerprint density at radius 3 is 2.20 bits per heavy atom. The highest BCUT2D eigenvalue weighted by Gasteiger charge is 2.11. The Bertz CT molecular complexity index is 895. The Hall–Kier alpha value is -3.74. The van der Waals surface area contributed by atoms with Gasteiger partial charge < -0.3 is 16.4 Å². The van der Waals surface area contributed by atoms with Crippen LogP contribution in [0.5, 0.6) is 0 Å². The second-order valence-electron chi connectivity index (χ2n) is 5.15. The van der Waals surface area contributed by atoms with E-state index in [0.717, 1.165) is 0 Å². The zero-order valence-corrected chi connectivity index (χ0v) is 13.1. The van der Waals surface area contributed by atoms with Crippen molar-refractivity contribution in [1.82, 2.24) is 9.97 Å². The highest BCUT2D eigenvalue weighted by molar-refractivity contribution is 6.05. The van der Waals surface area contributed by atoms with Crippen molar-refractivity contribution in [2.45, 2.75) is 0 Å². The summed E-state index contributed by atoms with van der Waals surface area (Å²) in [6, 6.07) is 15.6. The van der Waals surface area contributed by atoms with Crippen LogP contribution in [0.1, 0.15) is 20.8 Å². The molecule has 124 valence electrons. The summed E-state index contributed by atoms with van der Waals surface area (Å²) in [7, 11) is 0. The first-order chi connectivity index (χ1) is 12.1. The molecule has 0 radical (unpaired) electrons. The van der Waals surface area contributed by atoms with Gasteiger partial charge >= 0.3 is 0 Å². The fourth-order valence-electron chi connectivity index (χ4n) is 2.09. The zero-order valence-electron chi connectivity index (χ0n) is 13.1. The predicted octanol–water partition coefficient (Wildman–Crippen LogP) is 2.56. The first kappa shape index (κ1) is 16.1. The number of para-hydroxylation sites is 2. The number of carbonyl (C=O) groups excluding carboxylic acids is 2. The average Bonchev–Trinajstić information content (AvgIpc) is 2.65. The van der Waals surface area contributed by atoms with Crippen molar-refractivity contribution >= 4 is 29.0 Å². The van der Waals surface area contributed by atoms with Crippen LogP contribution in [0.3, 0.4) is 0 Å². The van der Waals surface area contributed by atoms with Gasteiger partial charge in [0.1, 0.15) is 5.69 Å². The van der Waals surface area contributed by atoms with Crippen molar-refractivity contribution < 1.29 is 9.59 Å². The number of benzene rings is 2. The van der Waals surface area contributed by atoms with Gasteiger partial charge in [0, 0.05) is 5.56 Å². The fourth-order valence-corrected chi connectivity index (χ4v) is 2.09. The van der Waals surface area contributed by atoms with E-state index < -0.39 is 5.91 Å². The van der Waals surface area contributed by atoms with E-state index in [2.05, 4.69) is 20.6 Å². The molecule has 2 amide bonds. The molecule has 0 saturated carbocycles. The van der Waals surface area contributed by atoms with Gasteiger partial charge in [0.2, 0.25) is 0 Å². The van der Waals surface area contributed by atoms with Gasteiger partial charge in [-0.1, -0.05) is 30.3 Å². The highest BCUT2D eigenvalue weighted by Crippen LogP contribution is 2.17. The Balaban J connectivity index is 1.67. The first-order valence-electron chi connectivity index (χ1n) is 7.48. The maximum absolute atomic E-state index is 12.2. The monoisotopic (exact) mass is 333 g/mol. The normalized spacial score (nSPS) is 10.1. The van der Waals surface area contributed by atoms with Crippen LogP contribution in [-0.4, -0.2) is 21.8 Å². The third-order valence-electron chi connectivity index (χ3n) is 3.37. The summed E-state index contributed by atoms with van der Waals surface area (Å²) < 4.78 is 0. The molecule has 2 aromatic carbocycles. The molecular formula is C18H15N5O2. The number of nitrogen functional groups attached to an aromatic ring is 1. The van der Waals surface area contributed by atoms with Crippen LogP contribution in [-0.2, 0) is 0 Å².